The topological polar surface area (TPSA) is 62.2 Å². The van der Waals surface area contributed by atoms with E-state index in [0.717, 1.165) is 33.3 Å². The standard InChI is InChI=1S/C23H22BrNO3.Na/c1-3-15(2)14-28-22-12-11-16(24)13-19(22)17-7-4-5-8-18(17)20-9-6-10-21(25-20)23(26)27;/h4-13,15H,3,14H2,1-2H3,(H,26,27);/q;+1/p-1/t15-;/m1./s1. The number of carbonyl (C=O) groups is 1. The summed E-state index contributed by atoms with van der Waals surface area (Å²) in [7, 11) is 0. The van der Waals surface area contributed by atoms with Gasteiger partial charge in [-0.3, -0.25) is 0 Å². The number of nitrogens with zero attached hydrogens (tertiary/aromatic N) is 1. The third-order valence-electron chi connectivity index (χ3n) is 4.61. The van der Waals surface area contributed by atoms with Gasteiger partial charge in [-0.25, -0.2) is 4.98 Å². The van der Waals surface area contributed by atoms with Gasteiger partial charge in [0.05, 0.1) is 24.0 Å². The zero-order chi connectivity index (χ0) is 20.1. The quantitative estimate of drug-likeness (QED) is 0.504. The fourth-order valence-electron chi connectivity index (χ4n) is 2.83. The van der Waals surface area contributed by atoms with Crippen LogP contribution in [0.15, 0.2) is 65.1 Å². The van der Waals surface area contributed by atoms with E-state index in [2.05, 4.69) is 34.8 Å². The number of rotatable bonds is 7. The molecule has 0 bridgehead atoms. The van der Waals surface area contributed by atoms with Gasteiger partial charge in [-0.2, -0.15) is 0 Å². The minimum atomic E-state index is -1.29. The summed E-state index contributed by atoms with van der Waals surface area (Å²) in [6.07, 6.45) is 1.04. The fourth-order valence-corrected chi connectivity index (χ4v) is 3.19. The first-order valence-electron chi connectivity index (χ1n) is 9.20. The molecule has 4 nitrogen and oxygen atoms in total. The van der Waals surface area contributed by atoms with Crippen molar-refractivity contribution in [2.45, 2.75) is 20.3 Å². The maximum Gasteiger partial charge on any atom is 1.00 e. The zero-order valence-electron chi connectivity index (χ0n) is 16.8. The van der Waals surface area contributed by atoms with E-state index in [0.29, 0.717) is 18.2 Å². The first kappa shape index (κ1) is 23.6. The number of carboxylic acid groups (broad SMARTS) is 1. The predicted octanol–water partition coefficient (Wildman–Crippen LogP) is 1.97. The van der Waals surface area contributed by atoms with E-state index in [1.54, 1.807) is 12.1 Å². The number of ether oxygens (including phenoxy) is 1. The number of carboxylic acids is 1. The smallest absolute Gasteiger partial charge is 0.543 e. The SMILES string of the molecule is CC[C@@H](C)COc1ccc(Br)cc1-c1ccccc1-c1cccc(C(=O)[O-])n1.[Na+]. The van der Waals surface area contributed by atoms with Crippen LogP contribution in [0.5, 0.6) is 5.75 Å². The summed E-state index contributed by atoms with van der Waals surface area (Å²) >= 11 is 3.54. The Kier molecular flexibility index (Phi) is 8.90. The number of hydrogen-bond acceptors (Lipinski definition) is 4. The van der Waals surface area contributed by atoms with Crippen LogP contribution in [0, 0.1) is 5.92 Å². The minimum absolute atomic E-state index is 0. The van der Waals surface area contributed by atoms with Crippen LogP contribution in [-0.4, -0.2) is 17.6 Å². The van der Waals surface area contributed by atoms with E-state index < -0.39 is 5.97 Å². The van der Waals surface area contributed by atoms with Gasteiger partial charge in [0.1, 0.15) is 5.75 Å². The van der Waals surface area contributed by atoms with Crippen LogP contribution < -0.4 is 39.4 Å². The maximum absolute atomic E-state index is 11.2. The van der Waals surface area contributed by atoms with Crippen molar-refractivity contribution in [3.05, 3.63) is 70.8 Å². The first-order valence-corrected chi connectivity index (χ1v) is 9.99. The average molecular weight is 462 g/mol. The molecule has 0 amide bonds. The summed E-state index contributed by atoms with van der Waals surface area (Å²) in [6.45, 7) is 4.93. The average Bonchev–Trinajstić information content (AvgIpc) is 2.72. The Morgan fingerprint density at radius 2 is 1.79 bits per heavy atom. The molecule has 0 unspecified atom stereocenters. The second-order valence-electron chi connectivity index (χ2n) is 6.71. The van der Waals surface area contributed by atoms with E-state index in [1.165, 1.54) is 6.07 Å². The summed E-state index contributed by atoms with van der Waals surface area (Å²) in [5.41, 5.74) is 3.16. The molecule has 3 aromatic rings. The van der Waals surface area contributed by atoms with Gasteiger partial charge in [0, 0.05) is 15.6 Å². The molecule has 29 heavy (non-hydrogen) atoms. The van der Waals surface area contributed by atoms with E-state index in [4.69, 9.17) is 4.74 Å². The molecule has 0 spiro atoms. The Bertz CT molecular complexity index is 993. The van der Waals surface area contributed by atoms with E-state index in [1.807, 2.05) is 42.5 Å². The van der Waals surface area contributed by atoms with Crippen molar-refractivity contribution in [3.8, 4) is 28.1 Å². The number of aromatic nitrogens is 1. The molecule has 6 heteroatoms. The van der Waals surface area contributed by atoms with Crippen molar-refractivity contribution in [3.63, 3.8) is 0 Å². The van der Waals surface area contributed by atoms with Gasteiger partial charge < -0.3 is 14.6 Å². The number of aromatic carboxylic acids is 1. The molecule has 144 valence electrons. The molecule has 0 aliphatic heterocycles. The summed E-state index contributed by atoms with van der Waals surface area (Å²) < 4.78 is 7.04. The van der Waals surface area contributed by atoms with Crippen LogP contribution in [-0.2, 0) is 0 Å². The molecule has 0 aliphatic rings. The number of hydrogen-bond donors (Lipinski definition) is 0. The van der Waals surface area contributed by atoms with Crippen LogP contribution in [0.3, 0.4) is 0 Å². The molecule has 0 saturated carbocycles. The van der Waals surface area contributed by atoms with Crippen LogP contribution in [0.25, 0.3) is 22.4 Å². The van der Waals surface area contributed by atoms with E-state index in [9.17, 15) is 9.90 Å². The second-order valence-corrected chi connectivity index (χ2v) is 7.62. The number of carbonyl (C=O) groups excluding carboxylic acids is 1. The number of pyridine rings is 1. The normalized spacial score (nSPS) is 11.4. The Hall–Kier alpha value is -1.66. The number of benzene rings is 2. The van der Waals surface area contributed by atoms with Crippen molar-refractivity contribution in [1.29, 1.82) is 0 Å². The molecule has 0 N–H and O–H groups in total. The van der Waals surface area contributed by atoms with Gasteiger partial charge in [0.25, 0.3) is 0 Å². The van der Waals surface area contributed by atoms with Gasteiger partial charge in [0.15, 0.2) is 0 Å². The zero-order valence-corrected chi connectivity index (χ0v) is 20.4. The predicted molar refractivity (Wildman–Crippen MR) is 112 cm³/mol. The van der Waals surface area contributed by atoms with E-state index >= 15 is 0 Å². The van der Waals surface area contributed by atoms with Gasteiger partial charge in [0.2, 0.25) is 0 Å². The van der Waals surface area contributed by atoms with Crippen molar-refractivity contribution in [2.75, 3.05) is 6.61 Å². The Morgan fingerprint density at radius 1 is 1.07 bits per heavy atom. The summed E-state index contributed by atoms with van der Waals surface area (Å²) in [4.78, 5) is 15.5. The molecule has 3 rings (SSSR count). The second kappa shape index (κ2) is 10.9. The molecule has 1 atom stereocenters. The largest absolute Gasteiger partial charge is 1.00 e. The molecule has 2 aromatic carbocycles. The molecule has 0 radical (unpaired) electrons. The minimum Gasteiger partial charge on any atom is -0.543 e. The molecular formula is C23H21BrNNaO3. The summed E-state index contributed by atoms with van der Waals surface area (Å²) in [5.74, 6) is -0.0560. The fraction of sp³-hybridized carbons (Fsp3) is 0.217. The Balaban J connectivity index is 0.00000300. The van der Waals surface area contributed by atoms with Crippen LogP contribution in [0.1, 0.15) is 30.8 Å². The third-order valence-corrected chi connectivity index (χ3v) is 5.11. The van der Waals surface area contributed by atoms with Gasteiger partial charge in [-0.15, -0.1) is 0 Å². The van der Waals surface area contributed by atoms with Gasteiger partial charge in [-0.1, -0.05) is 66.5 Å². The van der Waals surface area contributed by atoms with Crippen molar-refractivity contribution < 1.29 is 44.2 Å². The van der Waals surface area contributed by atoms with Crippen LogP contribution in [0.2, 0.25) is 0 Å². The Labute approximate surface area is 201 Å². The van der Waals surface area contributed by atoms with Crippen molar-refractivity contribution in [2.24, 2.45) is 5.92 Å². The Morgan fingerprint density at radius 3 is 2.48 bits per heavy atom. The van der Waals surface area contributed by atoms with Gasteiger partial charge >= 0.3 is 29.6 Å². The first-order chi connectivity index (χ1) is 13.5. The third kappa shape index (κ3) is 5.92. The van der Waals surface area contributed by atoms with Crippen molar-refractivity contribution in [1.82, 2.24) is 4.98 Å². The van der Waals surface area contributed by atoms with Crippen molar-refractivity contribution >= 4 is 21.9 Å². The maximum atomic E-state index is 11.2. The van der Waals surface area contributed by atoms with Crippen LogP contribution in [0.4, 0.5) is 0 Å². The monoisotopic (exact) mass is 461 g/mol. The van der Waals surface area contributed by atoms with E-state index in [-0.39, 0.29) is 35.3 Å². The molecular weight excluding hydrogens is 441 g/mol. The molecule has 0 saturated heterocycles. The summed E-state index contributed by atoms with van der Waals surface area (Å²) in [5, 5.41) is 11.2. The molecule has 0 fully saturated rings. The molecule has 1 heterocycles. The van der Waals surface area contributed by atoms with Crippen LogP contribution >= 0.6 is 15.9 Å². The molecule has 1 aromatic heterocycles. The number of halogens is 1. The summed E-state index contributed by atoms with van der Waals surface area (Å²) in [6, 6.07) is 18.6. The van der Waals surface area contributed by atoms with Gasteiger partial charge in [-0.05, 0) is 41.8 Å². The molecule has 0 aliphatic carbocycles.